The van der Waals surface area contributed by atoms with Gasteiger partial charge in [-0.05, 0) is 24.4 Å². The minimum Gasteiger partial charge on any atom is -0.385 e. The molecule has 1 N–H and O–H groups in total. The van der Waals surface area contributed by atoms with Crippen LogP contribution in [0, 0.1) is 0 Å². The maximum atomic E-state index is 5.81. The molecule has 1 aliphatic rings. The third-order valence-electron chi connectivity index (χ3n) is 2.87. The molecule has 102 valence electrons. The minimum absolute atomic E-state index is 0.628. The highest BCUT2D eigenvalue weighted by Crippen LogP contribution is 2.37. The average molecular weight is 289 g/mol. The third-order valence-corrected chi connectivity index (χ3v) is 4.14. The SMILES string of the molecule is COCCCNCC1(c2ccsc2S)OCCO1. The number of thiol groups is 1. The van der Waals surface area contributed by atoms with Gasteiger partial charge < -0.3 is 19.5 Å². The van der Waals surface area contributed by atoms with Crippen LogP contribution in [0.2, 0.25) is 0 Å². The molecule has 1 aromatic heterocycles. The zero-order valence-electron chi connectivity index (χ0n) is 10.5. The summed E-state index contributed by atoms with van der Waals surface area (Å²) in [5, 5.41) is 5.37. The molecule has 0 radical (unpaired) electrons. The Labute approximate surface area is 117 Å². The summed E-state index contributed by atoms with van der Waals surface area (Å²) in [6.45, 7) is 3.54. The molecule has 0 atom stereocenters. The summed E-state index contributed by atoms with van der Waals surface area (Å²) in [5.41, 5.74) is 1.02. The van der Waals surface area contributed by atoms with E-state index in [1.807, 2.05) is 11.4 Å². The fourth-order valence-electron chi connectivity index (χ4n) is 1.99. The van der Waals surface area contributed by atoms with E-state index in [0.717, 1.165) is 29.3 Å². The topological polar surface area (TPSA) is 39.7 Å². The highest BCUT2D eigenvalue weighted by Gasteiger charge is 2.40. The van der Waals surface area contributed by atoms with E-state index >= 15 is 0 Å². The number of hydrogen-bond donors (Lipinski definition) is 2. The first kappa shape index (κ1) is 14.3. The predicted molar refractivity (Wildman–Crippen MR) is 74.5 cm³/mol. The van der Waals surface area contributed by atoms with Crippen molar-refractivity contribution in [3.63, 3.8) is 0 Å². The highest BCUT2D eigenvalue weighted by atomic mass is 32.2. The first-order valence-corrected chi connectivity index (χ1v) is 7.36. The van der Waals surface area contributed by atoms with Gasteiger partial charge in [-0.1, -0.05) is 0 Å². The molecule has 4 nitrogen and oxygen atoms in total. The zero-order chi connectivity index (χ0) is 12.8. The molecular weight excluding hydrogens is 270 g/mol. The Morgan fingerprint density at radius 2 is 2.28 bits per heavy atom. The van der Waals surface area contributed by atoms with Crippen LogP contribution in [0.25, 0.3) is 0 Å². The van der Waals surface area contributed by atoms with Gasteiger partial charge in [0.05, 0.1) is 24.0 Å². The normalized spacial score (nSPS) is 18.3. The van der Waals surface area contributed by atoms with Crippen LogP contribution in [-0.2, 0) is 20.0 Å². The van der Waals surface area contributed by atoms with E-state index in [9.17, 15) is 0 Å². The van der Waals surface area contributed by atoms with E-state index < -0.39 is 5.79 Å². The zero-order valence-corrected chi connectivity index (χ0v) is 12.2. The van der Waals surface area contributed by atoms with Crippen LogP contribution in [-0.4, -0.2) is 40.0 Å². The summed E-state index contributed by atoms with van der Waals surface area (Å²) in [6.07, 6.45) is 0.976. The number of rotatable bonds is 7. The Kier molecular flexibility index (Phi) is 5.47. The molecule has 2 rings (SSSR count). The van der Waals surface area contributed by atoms with E-state index in [1.165, 1.54) is 0 Å². The Hall–Kier alpha value is -0.110. The quantitative estimate of drug-likeness (QED) is 0.594. The van der Waals surface area contributed by atoms with E-state index in [1.54, 1.807) is 18.4 Å². The number of thiophene rings is 1. The lowest BCUT2D eigenvalue weighted by Gasteiger charge is -2.27. The molecule has 1 fully saturated rings. The van der Waals surface area contributed by atoms with Crippen molar-refractivity contribution in [1.82, 2.24) is 5.32 Å². The number of hydrogen-bond acceptors (Lipinski definition) is 6. The van der Waals surface area contributed by atoms with Gasteiger partial charge in [-0.15, -0.1) is 24.0 Å². The molecule has 1 aliphatic heterocycles. The molecule has 1 aromatic rings. The molecule has 18 heavy (non-hydrogen) atoms. The highest BCUT2D eigenvalue weighted by molar-refractivity contribution is 7.82. The maximum Gasteiger partial charge on any atom is 0.209 e. The molecule has 0 aliphatic carbocycles. The van der Waals surface area contributed by atoms with Crippen LogP contribution in [0.1, 0.15) is 12.0 Å². The molecule has 0 amide bonds. The van der Waals surface area contributed by atoms with Crippen molar-refractivity contribution in [1.29, 1.82) is 0 Å². The van der Waals surface area contributed by atoms with Gasteiger partial charge in [0, 0.05) is 19.3 Å². The van der Waals surface area contributed by atoms with Crippen LogP contribution < -0.4 is 5.32 Å². The summed E-state index contributed by atoms with van der Waals surface area (Å²) in [6, 6.07) is 2.02. The summed E-state index contributed by atoms with van der Waals surface area (Å²) in [5.74, 6) is -0.663. The monoisotopic (exact) mass is 289 g/mol. The fourth-order valence-corrected chi connectivity index (χ4v) is 3.10. The lowest BCUT2D eigenvalue weighted by atomic mass is 10.1. The van der Waals surface area contributed by atoms with Crippen LogP contribution in [0.4, 0.5) is 0 Å². The molecule has 0 aromatic carbocycles. The van der Waals surface area contributed by atoms with Crippen LogP contribution in [0.15, 0.2) is 15.7 Å². The minimum atomic E-state index is -0.663. The van der Waals surface area contributed by atoms with E-state index in [-0.39, 0.29) is 0 Å². The van der Waals surface area contributed by atoms with Crippen molar-refractivity contribution in [3.8, 4) is 0 Å². The maximum absolute atomic E-state index is 5.81. The van der Waals surface area contributed by atoms with Gasteiger partial charge in [0.15, 0.2) is 0 Å². The smallest absolute Gasteiger partial charge is 0.209 e. The molecule has 0 unspecified atom stereocenters. The van der Waals surface area contributed by atoms with Gasteiger partial charge in [-0.25, -0.2) is 0 Å². The molecule has 0 spiro atoms. The summed E-state index contributed by atoms with van der Waals surface area (Å²) < 4.78 is 17.6. The first-order valence-electron chi connectivity index (χ1n) is 6.03. The second-order valence-electron chi connectivity index (χ2n) is 4.11. The second-order valence-corrected chi connectivity index (χ2v) is 5.78. The number of ether oxygens (including phenoxy) is 3. The molecule has 2 heterocycles. The molecule has 0 bridgehead atoms. The number of nitrogens with one attached hydrogen (secondary N) is 1. The molecular formula is C12H19NO3S2. The largest absolute Gasteiger partial charge is 0.385 e. The third kappa shape index (κ3) is 3.26. The van der Waals surface area contributed by atoms with Crippen LogP contribution in [0.5, 0.6) is 0 Å². The van der Waals surface area contributed by atoms with Gasteiger partial charge in [0.25, 0.3) is 0 Å². The fraction of sp³-hybridized carbons (Fsp3) is 0.667. The van der Waals surface area contributed by atoms with Crippen molar-refractivity contribution in [3.05, 3.63) is 17.0 Å². The van der Waals surface area contributed by atoms with Crippen molar-refractivity contribution >= 4 is 24.0 Å². The van der Waals surface area contributed by atoms with Gasteiger partial charge in [0.2, 0.25) is 5.79 Å². The van der Waals surface area contributed by atoms with Gasteiger partial charge in [0.1, 0.15) is 0 Å². The Balaban J connectivity index is 1.93. The van der Waals surface area contributed by atoms with Gasteiger partial charge >= 0.3 is 0 Å². The average Bonchev–Trinajstić information content (AvgIpc) is 2.98. The molecule has 6 heteroatoms. The first-order chi connectivity index (χ1) is 8.78. The Bertz CT molecular complexity index is 364. The van der Waals surface area contributed by atoms with Crippen molar-refractivity contribution in [2.24, 2.45) is 0 Å². The lowest BCUT2D eigenvalue weighted by Crippen LogP contribution is -2.39. The lowest BCUT2D eigenvalue weighted by molar-refractivity contribution is -0.163. The van der Waals surface area contributed by atoms with Crippen molar-refractivity contribution in [2.75, 3.05) is 40.0 Å². The van der Waals surface area contributed by atoms with Gasteiger partial charge in [-0.3, -0.25) is 0 Å². The summed E-state index contributed by atoms with van der Waals surface area (Å²) in [4.78, 5) is 0. The Morgan fingerprint density at radius 1 is 1.50 bits per heavy atom. The van der Waals surface area contributed by atoms with Crippen molar-refractivity contribution < 1.29 is 14.2 Å². The van der Waals surface area contributed by atoms with Gasteiger partial charge in [-0.2, -0.15) is 0 Å². The van der Waals surface area contributed by atoms with Crippen LogP contribution in [0.3, 0.4) is 0 Å². The predicted octanol–water partition coefficient (Wildman–Crippen LogP) is 1.86. The molecule has 0 saturated carbocycles. The van der Waals surface area contributed by atoms with E-state index in [4.69, 9.17) is 14.2 Å². The van der Waals surface area contributed by atoms with E-state index in [0.29, 0.717) is 19.8 Å². The van der Waals surface area contributed by atoms with Crippen molar-refractivity contribution in [2.45, 2.75) is 16.4 Å². The van der Waals surface area contributed by atoms with E-state index in [2.05, 4.69) is 17.9 Å². The number of methoxy groups -OCH3 is 1. The standard InChI is InChI=1S/C12H19NO3S2/c1-14-5-2-4-13-9-12(15-6-7-16-12)10-3-8-18-11(10)17/h3,8,13,17H,2,4-7,9H2,1H3. The second kappa shape index (κ2) is 6.88. The summed E-state index contributed by atoms with van der Waals surface area (Å²) in [7, 11) is 1.71. The molecule has 1 saturated heterocycles. The van der Waals surface area contributed by atoms with Crippen LogP contribution >= 0.6 is 24.0 Å². The summed E-state index contributed by atoms with van der Waals surface area (Å²) >= 11 is 6.06. The Morgan fingerprint density at radius 3 is 2.89 bits per heavy atom.